The molecule has 0 radical (unpaired) electrons. The normalized spacial score (nSPS) is 23.7. The molecule has 0 aliphatic carbocycles. The van der Waals surface area contributed by atoms with Gasteiger partial charge in [0.25, 0.3) is 0 Å². The molecule has 1 N–H and O–H groups in total. The average Bonchev–Trinajstić information content (AvgIpc) is 2.43. The molecule has 0 saturated carbocycles. The smallest absolute Gasteiger partial charge is 0.321 e. The predicted molar refractivity (Wildman–Crippen MR) is 87.7 cm³/mol. The Morgan fingerprint density at radius 3 is 2.71 bits per heavy atom. The second-order valence-corrected chi connectivity index (χ2v) is 7.43. The fourth-order valence-corrected chi connectivity index (χ4v) is 3.32. The maximum Gasteiger partial charge on any atom is 0.321 e. The monoisotopic (exact) mass is 308 g/mol. The summed E-state index contributed by atoms with van der Waals surface area (Å²) in [6.45, 7) is 6.04. The molecule has 1 aromatic carbocycles. The molecule has 4 nitrogen and oxygen atoms in total. The van der Waals surface area contributed by atoms with Crippen molar-refractivity contribution < 1.29 is 9.00 Å². The number of urea groups is 1. The van der Waals surface area contributed by atoms with Crippen LogP contribution < -0.4 is 5.32 Å². The summed E-state index contributed by atoms with van der Waals surface area (Å²) in [5.74, 6) is 1.66. The van der Waals surface area contributed by atoms with Crippen molar-refractivity contribution in [1.29, 1.82) is 0 Å². The van der Waals surface area contributed by atoms with Gasteiger partial charge in [-0.1, -0.05) is 32.0 Å². The number of carbonyl (C=O) groups is 1. The first-order valence-electron chi connectivity index (χ1n) is 7.41. The fraction of sp³-hybridized carbons (Fsp3) is 0.562. The van der Waals surface area contributed by atoms with Crippen LogP contribution in [-0.2, 0) is 16.6 Å². The summed E-state index contributed by atoms with van der Waals surface area (Å²) in [7, 11) is -0.922. The van der Waals surface area contributed by atoms with Crippen molar-refractivity contribution in [3.05, 3.63) is 29.8 Å². The summed E-state index contributed by atoms with van der Waals surface area (Å²) in [6.07, 6.45) is 2.72. The van der Waals surface area contributed by atoms with Gasteiger partial charge in [-0.05, 0) is 29.9 Å². The van der Waals surface area contributed by atoms with Crippen LogP contribution in [0.25, 0.3) is 0 Å². The van der Waals surface area contributed by atoms with Gasteiger partial charge in [0.05, 0.1) is 5.75 Å². The zero-order chi connectivity index (χ0) is 15.4. The maximum absolute atomic E-state index is 12.4. The Bertz CT molecular complexity index is 533. The van der Waals surface area contributed by atoms with E-state index >= 15 is 0 Å². The molecular weight excluding hydrogens is 284 g/mol. The van der Waals surface area contributed by atoms with Gasteiger partial charge in [0.2, 0.25) is 0 Å². The van der Waals surface area contributed by atoms with E-state index in [0.29, 0.717) is 17.6 Å². The molecule has 5 heteroatoms. The van der Waals surface area contributed by atoms with E-state index in [0.717, 1.165) is 30.8 Å². The SMILES string of the molecule is C[C@@H]1CCN(C(=O)Nc2ccccc2C[S@](C)=O)C[C@@H]1C. The van der Waals surface area contributed by atoms with Gasteiger partial charge >= 0.3 is 6.03 Å². The van der Waals surface area contributed by atoms with E-state index in [2.05, 4.69) is 19.2 Å². The fourth-order valence-electron chi connectivity index (χ4n) is 2.63. The Labute approximate surface area is 129 Å². The molecule has 1 aliphatic rings. The van der Waals surface area contributed by atoms with Gasteiger partial charge in [0, 0.05) is 35.8 Å². The van der Waals surface area contributed by atoms with Crippen LogP contribution in [0.15, 0.2) is 24.3 Å². The van der Waals surface area contributed by atoms with E-state index in [1.165, 1.54) is 0 Å². The molecule has 2 amide bonds. The molecule has 1 fully saturated rings. The number of nitrogens with one attached hydrogen (secondary N) is 1. The minimum Gasteiger partial charge on any atom is -0.324 e. The van der Waals surface area contributed by atoms with Gasteiger partial charge in [-0.2, -0.15) is 0 Å². The molecule has 0 spiro atoms. The summed E-state index contributed by atoms with van der Waals surface area (Å²) in [6, 6.07) is 7.53. The Kier molecular flexibility index (Phi) is 5.39. The molecule has 1 saturated heterocycles. The van der Waals surface area contributed by atoms with Crippen molar-refractivity contribution in [2.75, 3.05) is 24.7 Å². The lowest BCUT2D eigenvalue weighted by molar-refractivity contribution is 0.154. The van der Waals surface area contributed by atoms with Crippen molar-refractivity contribution in [2.24, 2.45) is 11.8 Å². The molecule has 21 heavy (non-hydrogen) atoms. The number of hydrogen-bond donors (Lipinski definition) is 1. The maximum atomic E-state index is 12.4. The summed E-state index contributed by atoms with van der Waals surface area (Å²) in [5.41, 5.74) is 1.69. The summed E-state index contributed by atoms with van der Waals surface area (Å²) < 4.78 is 11.4. The van der Waals surface area contributed by atoms with Gasteiger partial charge in [0.15, 0.2) is 0 Å². The number of para-hydroxylation sites is 1. The molecule has 1 aliphatic heterocycles. The van der Waals surface area contributed by atoms with Crippen LogP contribution in [0.5, 0.6) is 0 Å². The van der Waals surface area contributed by atoms with Gasteiger partial charge in [-0.25, -0.2) is 4.79 Å². The summed E-state index contributed by atoms with van der Waals surface area (Å²) in [5, 5.41) is 2.97. The number of likely N-dealkylation sites (tertiary alicyclic amines) is 1. The highest BCUT2D eigenvalue weighted by molar-refractivity contribution is 7.83. The van der Waals surface area contributed by atoms with Gasteiger partial charge < -0.3 is 10.2 Å². The Morgan fingerprint density at radius 1 is 1.33 bits per heavy atom. The largest absolute Gasteiger partial charge is 0.324 e. The molecule has 0 aromatic heterocycles. The summed E-state index contributed by atoms with van der Waals surface area (Å²) in [4.78, 5) is 14.3. The second kappa shape index (κ2) is 7.07. The lowest BCUT2D eigenvalue weighted by atomic mass is 9.89. The van der Waals surface area contributed by atoms with Crippen LogP contribution in [0.1, 0.15) is 25.8 Å². The molecule has 0 bridgehead atoms. The third-order valence-electron chi connectivity index (χ3n) is 4.24. The first-order chi connectivity index (χ1) is 9.97. The van der Waals surface area contributed by atoms with E-state index in [1.807, 2.05) is 29.2 Å². The molecular formula is C16H24N2O2S. The molecule has 3 atom stereocenters. The van der Waals surface area contributed by atoms with Crippen LogP contribution in [0, 0.1) is 11.8 Å². The molecule has 116 valence electrons. The number of carbonyl (C=O) groups excluding carboxylic acids is 1. The number of amides is 2. The van der Waals surface area contributed by atoms with Crippen LogP contribution in [0.3, 0.4) is 0 Å². The van der Waals surface area contributed by atoms with Crippen molar-refractivity contribution in [2.45, 2.75) is 26.0 Å². The number of piperidine rings is 1. The lowest BCUT2D eigenvalue weighted by Gasteiger charge is -2.35. The third-order valence-corrected chi connectivity index (χ3v) is 4.96. The molecule has 1 heterocycles. The van der Waals surface area contributed by atoms with E-state index in [4.69, 9.17) is 0 Å². The second-order valence-electron chi connectivity index (χ2n) is 5.99. The number of nitrogens with zero attached hydrogens (tertiary/aromatic N) is 1. The van der Waals surface area contributed by atoms with E-state index in [-0.39, 0.29) is 6.03 Å². The number of hydrogen-bond acceptors (Lipinski definition) is 2. The van der Waals surface area contributed by atoms with Gasteiger partial charge in [0.1, 0.15) is 0 Å². The van der Waals surface area contributed by atoms with E-state index in [1.54, 1.807) is 6.26 Å². The van der Waals surface area contributed by atoms with Crippen molar-refractivity contribution in [3.63, 3.8) is 0 Å². The Balaban J connectivity index is 2.04. The average molecular weight is 308 g/mol. The predicted octanol–water partition coefficient (Wildman–Crippen LogP) is 3.07. The highest BCUT2D eigenvalue weighted by atomic mass is 32.2. The Morgan fingerprint density at radius 2 is 2.05 bits per heavy atom. The summed E-state index contributed by atoms with van der Waals surface area (Å²) >= 11 is 0. The number of rotatable bonds is 3. The highest BCUT2D eigenvalue weighted by Crippen LogP contribution is 2.24. The van der Waals surface area contributed by atoms with E-state index in [9.17, 15) is 9.00 Å². The first-order valence-corrected chi connectivity index (χ1v) is 9.14. The number of benzene rings is 1. The van der Waals surface area contributed by atoms with Crippen molar-refractivity contribution in [1.82, 2.24) is 4.90 Å². The first kappa shape index (κ1) is 16.0. The Hall–Kier alpha value is -1.36. The minimum atomic E-state index is -0.922. The quantitative estimate of drug-likeness (QED) is 0.933. The minimum absolute atomic E-state index is 0.0527. The van der Waals surface area contributed by atoms with Gasteiger partial charge in [-0.15, -0.1) is 0 Å². The van der Waals surface area contributed by atoms with Crippen LogP contribution in [-0.4, -0.2) is 34.5 Å². The zero-order valence-corrected chi connectivity index (χ0v) is 13.8. The van der Waals surface area contributed by atoms with Crippen LogP contribution in [0.2, 0.25) is 0 Å². The van der Waals surface area contributed by atoms with Gasteiger partial charge in [-0.3, -0.25) is 4.21 Å². The number of anilines is 1. The van der Waals surface area contributed by atoms with Crippen LogP contribution >= 0.6 is 0 Å². The molecule has 2 rings (SSSR count). The van der Waals surface area contributed by atoms with Crippen molar-refractivity contribution in [3.8, 4) is 0 Å². The topological polar surface area (TPSA) is 49.4 Å². The highest BCUT2D eigenvalue weighted by Gasteiger charge is 2.26. The van der Waals surface area contributed by atoms with E-state index < -0.39 is 10.8 Å². The van der Waals surface area contributed by atoms with Crippen LogP contribution in [0.4, 0.5) is 10.5 Å². The van der Waals surface area contributed by atoms with Crippen molar-refractivity contribution >= 4 is 22.5 Å². The molecule has 1 aromatic rings. The third kappa shape index (κ3) is 4.30. The molecule has 0 unspecified atom stereocenters. The zero-order valence-electron chi connectivity index (χ0n) is 13.0. The standard InChI is InChI=1S/C16H24N2O2S/c1-12-8-9-18(10-13(12)2)16(19)17-15-7-5-4-6-14(15)11-21(3)20/h4-7,12-13H,8-11H2,1-3H3,(H,17,19)/t12-,13+,21+/m1/s1. The lowest BCUT2D eigenvalue weighted by Crippen LogP contribution is -2.44.